The van der Waals surface area contributed by atoms with Gasteiger partial charge in [0.15, 0.2) is 0 Å². The van der Waals surface area contributed by atoms with E-state index in [-0.39, 0.29) is 5.60 Å². The minimum Gasteiger partial charge on any atom is -0.388 e. The largest absolute Gasteiger partial charge is 0.388 e. The SMILES string of the molecule is COC1(C)CCCN(CCCC(=N)N)C1. The van der Waals surface area contributed by atoms with E-state index < -0.39 is 0 Å². The summed E-state index contributed by atoms with van der Waals surface area (Å²) in [5.41, 5.74) is 5.35. The van der Waals surface area contributed by atoms with Gasteiger partial charge in [-0.2, -0.15) is 0 Å². The van der Waals surface area contributed by atoms with Crippen LogP contribution in [0.1, 0.15) is 32.6 Å². The maximum absolute atomic E-state index is 7.16. The van der Waals surface area contributed by atoms with Crippen molar-refractivity contribution < 1.29 is 4.74 Å². The molecular weight excluding hydrogens is 190 g/mol. The van der Waals surface area contributed by atoms with E-state index in [1.54, 1.807) is 7.11 Å². The van der Waals surface area contributed by atoms with E-state index in [2.05, 4.69) is 11.8 Å². The highest BCUT2D eigenvalue weighted by molar-refractivity contribution is 5.76. The highest BCUT2D eigenvalue weighted by Gasteiger charge is 2.30. The van der Waals surface area contributed by atoms with E-state index in [1.807, 2.05) is 0 Å². The number of amidine groups is 1. The van der Waals surface area contributed by atoms with E-state index in [0.29, 0.717) is 12.3 Å². The molecule has 0 saturated carbocycles. The highest BCUT2D eigenvalue weighted by atomic mass is 16.5. The third-order valence-corrected chi connectivity index (χ3v) is 3.15. The molecule has 3 N–H and O–H groups in total. The van der Waals surface area contributed by atoms with Crippen LogP contribution in [0.15, 0.2) is 0 Å². The van der Waals surface area contributed by atoms with Gasteiger partial charge in [-0.25, -0.2) is 0 Å². The lowest BCUT2D eigenvalue weighted by Crippen LogP contribution is -2.47. The maximum atomic E-state index is 7.16. The van der Waals surface area contributed by atoms with Gasteiger partial charge in [0, 0.05) is 20.1 Å². The zero-order valence-electron chi connectivity index (χ0n) is 9.88. The molecule has 15 heavy (non-hydrogen) atoms. The maximum Gasteiger partial charge on any atom is 0.0905 e. The van der Waals surface area contributed by atoms with Crippen molar-refractivity contribution in [3.05, 3.63) is 0 Å². The smallest absolute Gasteiger partial charge is 0.0905 e. The third kappa shape index (κ3) is 4.18. The van der Waals surface area contributed by atoms with E-state index in [0.717, 1.165) is 32.5 Å². The van der Waals surface area contributed by atoms with Crippen LogP contribution in [-0.2, 0) is 4.74 Å². The van der Waals surface area contributed by atoms with Crippen molar-refractivity contribution in [3.63, 3.8) is 0 Å². The monoisotopic (exact) mass is 213 g/mol. The number of nitrogens with zero attached hydrogens (tertiary/aromatic N) is 1. The molecule has 0 aromatic rings. The number of piperidine rings is 1. The topological polar surface area (TPSA) is 62.3 Å². The molecule has 1 fully saturated rings. The van der Waals surface area contributed by atoms with Crippen LogP contribution in [0.2, 0.25) is 0 Å². The fraction of sp³-hybridized carbons (Fsp3) is 0.909. The Morgan fingerprint density at radius 1 is 1.60 bits per heavy atom. The van der Waals surface area contributed by atoms with Crippen LogP contribution >= 0.6 is 0 Å². The summed E-state index contributed by atoms with van der Waals surface area (Å²) in [6, 6.07) is 0. The van der Waals surface area contributed by atoms with Crippen LogP contribution < -0.4 is 5.73 Å². The second-order valence-corrected chi connectivity index (χ2v) is 4.66. The average Bonchev–Trinajstić information content (AvgIpc) is 2.17. The normalized spacial score (nSPS) is 27.9. The predicted octanol–water partition coefficient (Wildman–Crippen LogP) is 1.20. The molecule has 1 heterocycles. The van der Waals surface area contributed by atoms with Crippen molar-refractivity contribution in [2.45, 2.75) is 38.2 Å². The van der Waals surface area contributed by atoms with Crippen LogP contribution in [0.25, 0.3) is 0 Å². The van der Waals surface area contributed by atoms with Gasteiger partial charge in [0.05, 0.1) is 11.4 Å². The van der Waals surface area contributed by atoms with E-state index in [9.17, 15) is 0 Å². The highest BCUT2D eigenvalue weighted by Crippen LogP contribution is 2.23. The number of nitrogens with two attached hydrogens (primary N) is 1. The Labute approximate surface area is 92.3 Å². The molecule has 1 atom stereocenters. The molecule has 0 bridgehead atoms. The van der Waals surface area contributed by atoms with Crippen LogP contribution in [0, 0.1) is 5.41 Å². The van der Waals surface area contributed by atoms with Crippen LogP contribution in [0.5, 0.6) is 0 Å². The first-order valence-electron chi connectivity index (χ1n) is 5.66. The fourth-order valence-corrected chi connectivity index (χ4v) is 2.16. The Kier molecular flexibility index (Phi) is 4.54. The second kappa shape index (κ2) is 5.47. The molecular formula is C11H23N3O. The Hall–Kier alpha value is -0.610. The molecule has 0 amide bonds. The average molecular weight is 213 g/mol. The van der Waals surface area contributed by atoms with Crippen molar-refractivity contribution in [2.24, 2.45) is 5.73 Å². The van der Waals surface area contributed by atoms with Gasteiger partial charge in [-0.3, -0.25) is 5.41 Å². The molecule has 1 rings (SSSR count). The number of nitrogens with one attached hydrogen (secondary N) is 1. The summed E-state index contributed by atoms with van der Waals surface area (Å²) in [4.78, 5) is 2.41. The molecule has 1 saturated heterocycles. The van der Waals surface area contributed by atoms with Gasteiger partial charge in [0.2, 0.25) is 0 Å². The zero-order chi connectivity index (χ0) is 11.3. The molecule has 1 unspecified atom stereocenters. The van der Waals surface area contributed by atoms with Crippen molar-refractivity contribution in [1.29, 1.82) is 5.41 Å². The Bertz CT molecular complexity index is 220. The van der Waals surface area contributed by atoms with Crippen molar-refractivity contribution in [1.82, 2.24) is 4.90 Å². The molecule has 1 aliphatic rings. The molecule has 4 nitrogen and oxygen atoms in total. The van der Waals surface area contributed by atoms with Crippen molar-refractivity contribution >= 4 is 5.84 Å². The van der Waals surface area contributed by atoms with Crippen molar-refractivity contribution in [3.8, 4) is 0 Å². The number of rotatable bonds is 5. The van der Waals surface area contributed by atoms with E-state index >= 15 is 0 Å². The second-order valence-electron chi connectivity index (χ2n) is 4.66. The first-order chi connectivity index (χ1) is 7.06. The number of ether oxygens (including phenoxy) is 1. The Balaban J connectivity index is 2.27. The lowest BCUT2D eigenvalue weighted by molar-refractivity contribution is -0.0506. The molecule has 4 heteroatoms. The summed E-state index contributed by atoms with van der Waals surface area (Å²) in [6.07, 6.45) is 4.03. The quantitative estimate of drug-likeness (QED) is 0.533. The number of hydrogen-bond acceptors (Lipinski definition) is 3. The van der Waals surface area contributed by atoms with Gasteiger partial charge in [0.1, 0.15) is 0 Å². The molecule has 0 aromatic heterocycles. The van der Waals surface area contributed by atoms with Gasteiger partial charge in [-0.1, -0.05) is 0 Å². The fourth-order valence-electron chi connectivity index (χ4n) is 2.16. The number of hydrogen-bond donors (Lipinski definition) is 2. The summed E-state index contributed by atoms with van der Waals surface area (Å²) >= 11 is 0. The molecule has 0 radical (unpaired) electrons. The first-order valence-corrected chi connectivity index (χ1v) is 5.66. The third-order valence-electron chi connectivity index (χ3n) is 3.15. The molecule has 1 aliphatic heterocycles. The lowest BCUT2D eigenvalue weighted by Gasteiger charge is -2.39. The minimum absolute atomic E-state index is 0.0223. The number of methoxy groups -OCH3 is 1. The van der Waals surface area contributed by atoms with Crippen LogP contribution in [0.3, 0.4) is 0 Å². The summed E-state index contributed by atoms with van der Waals surface area (Å²) in [7, 11) is 1.79. The van der Waals surface area contributed by atoms with Crippen molar-refractivity contribution in [2.75, 3.05) is 26.7 Å². The van der Waals surface area contributed by atoms with Gasteiger partial charge in [-0.15, -0.1) is 0 Å². The van der Waals surface area contributed by atoms with E-state index in [4.69, 9.17) is 15.9 Å². The zero-order valence-corrected chi connectivity index (χ0v) is 9.88. The summed E-state index contributed by atoms with van der Waals surface area (Å²) in [6.45, 7) is 5.35. The molecule has 0 aromatic carbocycles. The van der Waals surface area contributed by atoms with Crippen LogP contribution in [-0.4, -0.2) is 43.1 Å². The Morgan fingerprint density at radius 3 is 2.93 bits per heavy atom. The predicted molar refractivity (Wildman–Crippen MR) is 62.2 cm³/mol. The summed E-state index contributed by atoms with van der Waals surface area (Å²) in [5.74, 6) is 0.293. The first kappa shape index (κ1) is 12.5. The summed E-state index contributed by atoms with van der Waals surface area (Å²) in [5, 5.41) is 7.16. The van der Waals surface area contributed by atoms with Gasteiger partial charge in [-0.05, 0) is 39.3 Å². The molecule has 88 valence electrons. The van der Waals surface area contributed by atoms with Gasteiger partial charge in [0.25, 0.3) is 0 Å². The van der Waals surface area contributed by atoms with Gasteiger partial charge < -0.3 is 15.4 Å². The molecule has 0 aliphatic carbocycles. The van der Waals surface area contributed by atoms with Gasteiger partial charge >= 0.3 is 0 Å². The minimum atomic E-state index is 0.0223. The standard InChI is InChI=1S/C11H23N3O/c1-11(15-2)6-4-8-14(9-11)7-3-5-10(12)13/h3-9H2,1-2H3,(H3,12,13). The van der Waals surface area contributed by atoms with E-state index in [1.165, 1.54) is 6.42 Å². The number of likely N-dealkylation sites (tertiary alicyclic amines) is 1. The Morgan fingerprint density at radius 2 is 2.33 bits per heavy atom. The van der Waals surface area contributed by atoms with Crippen LogP contribution in [0.4, 0.5) is 0 Å². The lowest BCUT2D eigenvalue weighted by atomic mass is 9.94. The molecule has 0 spiro atoms. The summed E-state index contributed by atoms with van der Waals surface area (Å²) < 4.78 is 5.53.